The highest BCUT2D eigenvalue weighted by Crippen LogP contribution is 2.31. The normalized spacial score (nSPS) is 14.2. The van der Waals surface area contributed by atoms with Crippen LogP contribution in [0.1, 0.15) is 27.4 Å². The molecule has 0 unspecified atom stereocenters. The highest BCUT2D eigenvalue weighted by Gasteiger charge is 2.23. The van der Waals surface area contributed by atoms with Crippen LogP contribution in [0.15, 0.2) is 14.8 Å². The lowest BCUT2D eigenvalue weighted by molar-refractivity contribution is 0.696. The number of thiazole rings is 1. The van der Waals surface area contributed by atoms with E-state index in [1.165, 1.54) is 9.39 Å². The molecule has 1 aliphatic rings. The highest BCUT2D eigenvalue weighted by atomic mass is 79.9. The second-order valence-electron chi connectivity index (χ2n) is 6.06. The minimum atomic E-state index is -0.100. The van der Waals surface area contributed by atoms with Crippen LogP contribution in [-0.4, -0.2) is 26.1 Å². The van der Waals surface area contributed by atoms with Crippen molar-refractivity contribution in [3.05, 3.63) is 47.7 Å². The van der Waals surface area contributed by atoms with Crippen molar-refractivity contribution in [1.29, 1.82) is 0 Å². The lowest BCUT2D eigenvalue weighted by atomic mass is 10.1. The number of rotatable bonds is 1. The molecule has 0 bridgehead atoms. The van der Waals surface area contributed by atoms with Crippen LogP contribution in [0, 0.1) is 20.8 Å². The summed E-state index contributed by atoms with van der Waals surface area (Å²) < 4.78 is 2.34. The summed E-state index contributed by atoms with van der Waals surface area (Å²) in [5.41, 5.74) is 4.08. The zero-order valence-corrected chi connectivity index (χ0v) is 16.0. The fraction of sp³-hybridized carbons (Fsp3) is 0.375. The zero-order chi connectivity index (χ0) is 17.0. The first kappa shape index (κ1) is 15.7. The molecule has 8 heteroatoms. The molecule has 0 amide bonds. The van der Waals surface area contributed by atoms with E-state index in [-0.39, 0.29) is 5.56 Å². The first-order chi connectivity index (χ1) is 11.4. The minimum absolute atomic E-state index is 0.100. The molecule has 4 heterocycles. The molecule has 0 saturated heterocycles. The molecule has 124 valence electrons. The van der Waals surface area contributed by atoms with Crippen molar-refractivity contribution in [3.63, 3.8) is 0 Å². The maximum absolute atomic E-state index is 12.5. The van der Waals surface area contributed by atoms with E-state index in [0.29, 0.717) is 11.2 Å². The Balaban J connectivity index is 1.83. The quantitative estimate of drug-likeness (QED) is 0.622. The van der Waals surface area contributed by atoms with Gasteiger partial charge in [0.25, 0.3) is 5.56 Å². The van der Waals surface area contributed by atoms with Gasteiger partial charge < -0.3 is 4.90 Å². The van der Waals surface area contributed by atoms with Gasteiger partial charge in [0.15, 0.2) is 15.4 Å². The molecular weight excluding hydrogens is 390 g/mol. The molecule has 6 nitrogen and oxygen atoms in total. The molecule has 0 saturated carbocycles. The van der Waals surface area contributed by atoms with E-state index in [2.05, 4.69) is 35.9 Å². The third-order valence-electron chi connectivity index (χ3n) is 4.45. The van der Waals surface area contributed by atoms with Gasteiger partial charge in [-0.25, -0.2) is 9.97 Å². The van der Waals surface area contributed by atoms with Crippen molar-refractivity contribution in [2.24, 2.45) is 0 Å². The van der Waals surface area contributed by atoms with Gasteiger partial charge in [0.05, 0.1) is 12.2 Å². The SMILES string of the molecule is Cc1cc2nc(C)c(C)c(=O)n2nc1N1CCc2nc(Br)sc2C1. The number of fused-ring (bicyclic) bond motifs is 2. The van der Waals surface area contributed by atoms with Crippen LogP contribution < -0.4 is 10.5 Å². The minimum Gasteiger partial charge on any atom is -0.349 e. The molecule has 0 N–H and O–H groups in total. The monoisotopic (exact) mass is 405 g/mol. The Labute approximate surface area is 151 Å². The van der Waals surface area contributed by atoms with Gasteiger partial charge in [0.1, 0.15) is 0 Å². The third-order valence-corrected chi connectivity index (χ3v) is 5.99. The number of aryl methyl sites for hydroxylation is 2. The van der Waals surface area contributed by atoms with Crippen molar-refractivity contribution < 1.29 is 0 Å². The average molecular weight is 406 g/mol. The fourth-order valence-corrected chi connectivity index (χ4v) is 4.65. The molecule has 0 spiro atoms. The van der Waals surface area contributed by atoms with Gasteiger partial charge >= 0.3 is 0 Å². The standard InChI is InChI=1S/C16H16BrN5OS/c1-8-6-13-18-10(3)9(2)15(23)22(13)20-14(8)21-5-4-11-12(7-21)24-16(17)19-11/h6H,4-5,7H2,1-3H3. The summed E-state index contributed by atoms with van der Waals surface area (Å²) >= 11 is 5.12. The van der Waals surface area contributed by atoms with E-state index < -0.39 is 0 Å². The number of anilines is 1. The number of aromatic nitrogens is 4. The van der Waals surface area contributed by atoms with Crippen molar-refractivity contribution in [2.45, 2.75) is 33.7 Å². The van der Waals surface area contributed by atoms with Crippen LogP contribution in [0.3, 0.4) is 0 Å². The molecule has 1 aliphatic heterocycles. The highest BCUT2D eigenvalue weighted by molar-refractivity contribution is 9.11. The van der Waals surface area contributed by atoms with Gasteiger partial charge in [-0.05, 0) is 48.3 Å². The van der Waals surface area contributed by atoms with E-state index >= 15 is 0 Å². The summed E-state index contributed by atoms with van der Waals surface area (Å²) in [6.45, 7) is 7.27. The summed E-state index contributed by atoms with van der Waals surface area (Å²) in [6.07, 6.45) is 0.886. The lowest BCUT2D eigenvalue weighted by Gasteiger charge is -2.28. The Hall–Kier alpha value is -1.80. The molecule has 0 fully saturated rings. The Bertz CT molecular complexity index is 1030. The summed E-state index contributed by atoms with van der Waals surface area (Å²) in [5.74, 6) is 0.838. The summed E-state index contributed by atoms with van der Waals surface area (Å²) in [5, 5.41) is 4.62. The lowest BCUT2D eigenvalue weighted by Crippen LogP contribution is -2.33. The van der Waals surface area contributed by atoms with E-state index in [9.17, 15) is 4.79 Å². The van der Waals surface area contributed by atoms with Gasteiger partial charge in [-0.3, -0.25) is 4.79 Å². The smallest absolute Gasteiger partial charge is 0.277 e. The summed E-state index contributed by atoms with van der Waals surface area (Å²) in [6, 6.07) is 1.94. The maximum Gasteiger partial charge on any atom is 0.277 e. The molecular formula is C16H16BrN5OS. The van der Waals surface area contributed by atoms with Gasteiger partial charge in [-0.15, -0.1) is 16.4 Å². The molecule has 0 atom stereocenters. The molecule has 24 heavy (non-hydrogen) atoms. The van der Waals surface area contributed by atoms with E-state index in [1.54, 1.807) is 18.3 Å². The molecule has 3 aromatic rings. The topological polar surface area (TPSA) is 63.4 Å². The number of hydrogen-bond donors (Lipinski definition) is 0. The molecule has 0 aliphatic carbocycles. The summed E-state index contributed by atoms with van der Waals surface area (Å²) in [7, 11) is 0. The van der Waals surface area contributed by atoms with E-state index in [1.807, 2.05) is 19.9 Å². The first-order valence-electron chi connectivity index (χ1n) is 7.71. The number of halogens is 1. The molecule has 0 aromatic carbocycles. The van der Waals surface area contributed by atoms with Crippen LogP contribution in [0.2, 0.25) is 0 Å². The second kappa shape index (κ2) is 5.63. The van der Waals surface area contributed by atoms with Crippen molar-refractivity contribution >= 4 is 38.7 Å². The van der Waals surface area contributed by atoms with Crippen molar-refractivity contribution in [1.82, 2.24) is 19.6 Å². The summed E-state index contributed by atoms with van der Waals surface area (Å²) in [4.78, 5) is 25.0. The van der Waals surface area contributed by atoms with Crippen LogP contribution in [0.4, 0.5) is 5.82 Å². The van der Waals surface area contributed by atoms with E-state index in [0.717, 1.165) is 46.2 Å². The number of nitrogens with zero attached hydrogens (tertiary/aromatic N) is 5. The largest absolute Gasteiger partial charge is 0.349 e. The predicted octanol–water partition coefficient (Wildman–Crippen LogP) is 2.80. The molecule has 4 rings (SSSR count). The van der Waals surface area contributed by atoms with Gasteiger partial charge in [-0.2, -0.15) is 4.52 Å². The Morgan fingerprint density at radius 1 is 1.25 bits per heavy atom. The van der Waals surface area contributed by atoms with Crippen LogP contribution in [0.25, 0.3) is 5.65 Å². The predicted molar refractivity (Wildman–Crippen MR) is 98.0 cm³/mol. The van der Waals surface area contributed by atoms with Gasteiger partial charge in [0, 0.05) is 29.1 Å². The zero-order valence-electron chi connectivity index (χ0n) is 13.6. The van der Waals surface area contributed by atoms with Gasteiger partial charge in [-0.1, -0.05) is 0 Å². The Morgan fingerprint density at radius 2 is 2.04 bits per heavy atom. The van der Waals surface area contributed by atoms with Crippen molar-refractivity contribution in [2.75, 3.05) is 11.4 Å². The Morgan fingerprint density at radius 3 is 2.83 bits per heavy atom. The molecule has 3 aromatic heterocycles. The average Bonchev–Trinajstić information content (AvgIpc) is 2.91. The third kappa shape index (κ3) is 2.44. The van der Waals surface area contributed by atoms with Crippen LogP contribution in [0.5, 0.6) is 0 Å². The van der Waals surface area contributed by atoms with Crippen LogP contribution in [-0.2, 0) is 13.0 Å². The first-order valence-corrected chi connectivity index (χ1v) is 9.32. The van der Waals surface area contributed by atoms with E-state index in [4.69, 9.17) is 0 Å². The number of hydrogen-bond acceptors (Lipinski definition) is 6. The van der Waals surface area contributed by atoms with Gasteiger partial charge in [0.2, 0.25) is 0 Å². The maximum atomic E-state index is 12.5. The van der Waals surface area contributed by atoms with Crippen LogP contribution >= 0.6 is 27.3 Å². The van der Waals surface area contributed by atoms with Crippen molar-refractivity contribution in [3.8, 4) is 0 Å². The fourth-order valence-electron chi connectivity index (χ4n) is 3.00. The molecule has 0 radical (unpaired) electrons. The Kier molecular flexibility index (Phi) is 3.69. The second-order valence-corrected chi connectivity index (χ2v) is 8.42.